The van der Waals surface area contributed by atoms with Gasteiger partial charge >= 0.3 is 11.0 Å². The molecule has 1 aromatic carbocycles. The predicted molar refractivity (Wildman–Crippen MR) is 80.1 cm³/mol. The maximum atomic E-state index is 13.3. The van der Waals surface area contributed by atoms with Crippen LogP contribution in [0.3, 0.4) is 0 Å². The van der Waals surface area contributed by atoms with E-state index < -0.39 is 22.4 Å². The van der Waals surface area contributed by atoms with Gasteiger partial charge in [0.15, 0.2) is 0 Å². The Morgan fingerprint density at radius 2 is 1.83 bits per heavy atom. The molecule has 0 atom stereocenters. The lowest BCUT2D eigenvalue weighted by molar-refractivity contribution is -0.140. The van der Waals surface area contributed by atoms with E-state index >= 15 is 0 Å². The van der Waals surface area contributed by atoms with E-state index in [2.05, 4.69) is 10.1 Å². The van der Waals surface area contributed by atoms with E-state index in [1.165, 1.54) is 6.07 Å². The van der Waals surface area contributed by atoms with Crippen molar-refractivity contribution < 1.29 is 17.6 Å². The summed E-state index contributed by atoms with van der Waals surface area (Å²) in [6, 6.07) is 5.96. The third-order valence-electron chi connectivity index (χ3n) is 3.20. The van der Waals surface area contributed by atoms with Gasteiger partial charge in [-0.25, -0.2) is 9.07 Å². The Kier molecular flexibility index (Phi) is 4.18. The van der Waals surface area contributed by atoms with Crippen molar-refractivity contribution in [3.05, 3.63) is 69.3 Å². The SMILES string of the molecule is O=c1sc(-c2ccncc2)nn1Cc1ccc(F)c(C(F)(F)F)c1. The number of hydrogen-bond donors (Lipinski definition) is 0. The number of benzene rings is 1. The minimum atomic E-state index is -4.80. The van der Waals surface area contributed by atoms with Crippen molar-refractivity contribution in [2.24, 2.45) is 0 Å². The molecule has 3 rings (SSSR count). The molecule has 0 N–H and O–H groups in total. The normalized spacial score (nSPS) is 11.7. The van der Waals surface area contributed by atoms with Gasteiger partial charge in [-0.15, -0.1) is 0 Å². The maximum absolute atomic E-state index is 13.3. The molecule has 0 amide bonds. The van der Waals surface area contributed by atoms with Crippen LogP contribution in [0.5, 0.6) is 0 Å². The molecule has 0 unspecified atom stereocenters. The van der Waals surface area contributed by atoms with Crippen molar-refractivity contribution in [1.82, 2.24) is 14.8 Å². The molecule has 0 aliphatic rings. The average molecular weight is 355 g/mol. The van der Waals surface area contributed by atoms with E-state index in [4.69, 9.17) is 0 Å². The first-order chi connectivity index (χ1) is 11.3. The molecular formula is C15H9F4N3OS. The fraction of sp³-hybridized carbons (Fsp3) is 0.133. The van der Waals surface area contributed by atoms with Crippen LogP contribution in [0.4, 0.5) is 17.6 Å². The molecule has 4 nitrogen and oxygen atoms in total. The van der Waals surface area contributed by atoms with Gasteiger partial charge in [-0.05, 0) is 29.8 Å². The molecule has 0 aliphatic carbocycles. The van der Waals surface area contributed by atoms with Gasteiger partial charge in [0.25, 0.3) is 0 Å². The van der Waals surface area contributed by atoms with Gasteiger partial charge in [0.2, 0.25) is 0 Å². The van der Waals surface area contributed by atoms with Gasteiger partial charge in [-0.3, -0.25) is 9.78 Å². The summed E-state index contributed by atoms with van der Waals surface area (Å²) in [6.45, 7) is -0.177. The van der Waals surface area contributed by atoms with Gasteiger partial charge in [0.1, 0.15) is 10.8 Å². The highest BCUT2D eigenvalue weighted by atomic mass is 32.1. The van der Waals surface area contributed by atoms with E-state index in [0.717, 1.165) is 22.1 Å². The first-order valence-corrected chi connectivity index (χ1v) is 7.50. The first-order valence-electron chi connectivity index (χ1n) is 6.68. The monoisotopic (exact) mass is 355 g/mol. The summed E-state index contributed by atoms with van der Waals surface area (Å²) in [4.78, 5) is 15.4. The number of nitrogens with zero attached hydrogens (tertiary/aromatic N) is 3. The van der Waals surface area contributed by atoms with Gasteiger partial charge in [-0.1, -0.05) is 17.4 Å². The Labute approximate surface area is 137 Å². The molecular weight excluding hydrogens is 346 g/mol. The molecule has 0 aliphatic heterocycles. The second-order valence-corrected chi connectivity index (χ2v) is 5.82. The van der Waals surface area contributed by atoms with E-state index in [9.17, 15) is 22.4 Å². The van der Waals surface area contributed by atoms with E-state index in [1.807, 2.05) is 0 Å². The quantitative estimate of drug-likeness (QED) is 0.675. The third-order valence-corrected chi connectivity index (χ3v) is 4.10. The standard InChI is InChI=1S/C15H9F4N3OS/c16-12-2-1-9(7-11(12)15(17,18)19)8-22-14(23)24-13(21-22)10-3-5-20-6-4-10/h1-7H,8H2. The van der Waals surface area contributed by atoms with Crippen LogP contribution in [0.25, 0.3) is 10.6 Å². The summed E-state index contributed by atoms with van der Waals surface area (Å²) in [5.41, 5.74) is -0.545. The fourth-order valence-electron chi connectivity index (χ4n) is 2.08. The lowest BCUT2D eigenvalue weighted by atomic mass is 10.1. The molecule has 124 valence electrons. The van der Waals surface area contributed by atoms with Crippen LogP contribution in [0, 0.1) is 5.82 Å². The zero-order chi connectivity index (χ0) is 17.3. The zero-order valence-electron chi connectivity index (χ0n) is 11.9. The van der Waals surface area contributed by atoms with Crippen LogP contribution < -0.4 is 4.87 Å². The van der Waals surface area contributed by atoms with Crippen molar-refractivity contribution in [3.8, 4) is 10.6 Å². The number of alkyl halides is 3. The molecule has 0 spiro atoms. The zero-order valence-corrected chi connectivity index (χ0v) is 12.7. The van der Waals surface area contributed by atoms with E-state index in [0.29, 0.717) is 16.6 Å². The number of hydrogen-bond acceptors (Lipinski definition) is 4. The Morgan fingerprint density at radius 1 is 1.12 bits per heavy atom. The van der Waals surface area contributed by atoms with Crippen molar-refractivity contribution in [2.75, 3.05) is 0 Å². The molecule has 0 fully saturated rings. The highest BCUT2D eigenvalue weighted by molar-refractivity contribution is 7.12. The maximum Gasteiger partial charge on any atom is 0.419 e. The van der Waals surface area contributed by atoms with Crippen LogP contribution in [0.1, 0.15) is 11.1 Å². The second kappa shape index (κ2) is 6.16. The predicted octanol–water partition coefficient (Wildman–Crippen LogP) is 3.57. The molecule has 0 radical (unpaired) electrons. The lowest BCUT2D eigenvalue weighted by Gasteiger charge is -2.09. The smallest absolute Gasteiger partial charge is 0.265 e. The average Bonchev–Trinajstić information content (AvgIpc) is 2.90. The van der Waals surface area contributed by atoms with Crippen molar-refractivity contribution in [1.29, 1.82) is 0 Å². The van der Waals surface area contributed by atoms with Crippen LogP contribution >= 0.6 is 11.3 Å². The molecule has 0 bridgehead atoms. The molecule has 9 heteroatoms. The summed E-state index contributed by atoms with van der Waals surface area (Å²) < 4.78 is 52.6. The van der Waals surface area contributed by atoms with Crippen molar-refractivity contribution in [2.45, 2.75) is 12.7 Å². The van der Waals surface area contributed by atoms with Gasteiger partial charge < -0.3 is 0 Å². The Bertz CT molecular complexity index is 918. The summed E-state index contributed by atoms with van der Waals surface area (Å²) in [6.07, 6.45) is -1.71. The number of aromatic nitrogens is 3. The van der Waals surface area contributed by atoms with Crippen LogP contribution in [0.2, 0.25) is 0 Å². The first kappa shape index (κ1) is 16.3. The van der Waals surface area contributed by atoms with E-state index in [-0.39, 0.29) is 12.1 Å². The van der Waals surface area contributed by atoms with E-state index in [1.54, 1.807) is 24.5 Å². The summed E-state index contributed by atoms with van der Waals surface area (Å²) >= 11 is 0.872. The molecule has 2 aromatic heterocycles. The minimum Gasteiger partial charge on any atom is -0.265 e. The fourth-order valence-corrected chi connectivity index (χ4v) is 2.85. The highest BCUT2D eigenvalue weighted by Crippen LogP contribution is 2.32. The molecule has 0 saturated heterocycles. The minimum absolute atomic E-state index is 0.136. The Morgan fingerprint density at radius 3 is 2.50 bits per heavy atom. The summed E-state index contributed by atoms with van der Waals surface area (Å²) in [5, 5.41) is 4.54. The summed E-state index contributed by atoms with van der Waals surface area (Å²) in [7, 11) is 0. The molecule has 0 saturated carbocycles. The topological polar surface area (TPSA) is 47.8 Å². The Hall–Kier alpha value is -2.55. The third kappa shape index (κ3) is 3.35. The number of pyridine rings is 1. The van der Waals surface area contributed by atoms with Gasteiger partial charge in [0, 0.05) is 18.0 Å². The molecule has 2 heterocycles. The van der Waals surface area contributed by atoms with Crippen LogP contribution in [-0.4, -0.2) is 14.8 Å². The number of rotatable bonds is 3. The van der Waals surface area contributed by atoms with Crippen LogP contribution in [0.15, 0.2) is 47.5 Å². The lowest BCUT2D eigenvalue weighted by Crippen LogP contribution is -2.16. The van der Waals surface area contributed by atoms with Crippen molar-refractivity contribution in [3.63, 3.8) is 0 Å². The van der Waals surface area contributed by atoms with Gasteiger partial charge in [-0.2, -0.15) is 18.3 Å². The highest BCUT2D eigenvalue weighted by Gasteiger charge is 2.34. The van der Waals surface area contributed by atoms with Crippen molar-refractivity contribution >= 4 is 11.3 Å². The van der Waals surface area contributed by atoms with Crippen LogP contribution in [-0.2, 0) is 12.7 Å². The largest absolute Gasteiger partial charge is 0.419 e. The summed E-state index contributed by atoms with van der Waals surface area (Å²) in [5.74, 6) is -1.35. The second-order valence-electron chi connectivity index (χ2n) is 4.88. The molecule has 3 aromatic rings. The number of halogens is 4. The Balaban J connectivity index is 1.93. The molecule has 24 heavy (non-hydrogen) atoms. The van der Waals surface area contributed by atoms with Gasteiger partial charge in [0.05, 0.1) is 12.1 Å².